The molecule has 38 heavy (non-hydrogen) atoms. The summed E-state index contributed by atoms with van der Waals surface area (Å²) in [4.78, 5) is 25.7. The van der Waals surface area contributed by atoms with Gasteiger partial charge in [-0.2, -0.15) is 10.2 Å². The lowest BCUT2D eigenvalue weighted by atomic mass is 10.0. The Morgan fingerprint density at radius 3 is 2.55 bits per heavy atom. The van der Waals surface area contributed by atoms with E-state index in [0.29, 0.717) is 43.0 Å². The van der Waals surface area contributed by atoms with E-state index in [2.05, 4.69) is 16.0 Å². The molecule has 0 aliphatic carbocycles. The number of carbonyl (C=O) groups excluding carboxylic acids is 1. The molecule has 2 heterocycles. The number of nitrogen functional groups attached to an aromatic ring is 1. The summed E-state index contributed by atoms with van der Waals surface area (Å²) >= 11 is 0. The molecule has 2 atom stereocenters. The minimum atomic E-state index is -0.675. The van der Waals surface area contributed by atoms with Gasteiger partial charge in [-0.25, -0.2) is 9.37 Å². The number of nitriles is 1. The fraction of sp³-hybridized carbons (Fsp3) is 0.385. The first-order valence-corrected chi connectivity index (χ1v) is 12.0. The average molecular weight is 544 g/mol. The highest BCUT2D eigenvalue weighted by molar-refractivity contribution is 5.92. The minimum Gasteiger partial charge on any atom is -0.493 e. The van der Waals surface area contributed by atoms with Crippen molar-refractivity contribution in [3.63, 3.8) is 0 Å². The molecule has 12 heteroatoms. The topological polar surface area (TPSA) is 144 Å². The molecule has 1 aliphatic rings. The molecule has 1 aliphatic heterocycles. The average Bonchev–Trinajstić information content (AvgIpc) is 2.92. The van der Waals surface area contributed by atoms with Crippen LogP contribution in [0.5, 0.6) is 11.5 Å². The summed E-state index contributed by atoms with van der Waals surface area (Å²) in [6, 6.07) is 9.98. The Bertz CT molecular complexity index is 1350. The van der Waals surface area contributed by atoms with E-state index >= 15 is 4.39 Å². The molecule has 10 nitrogen and oxygen atoms in total. The van der Waals surface area contributed by atoms with Gasteiger partial charge in [0.2, 0.25) is 11.9 Å². The van der Waals surface area contributed by atoms with Gasteiger partial charge in [-0.3, -0.25) is 4.79 Å². The first-order valence-electron chi connectivity index (χ1n) is 12.0. The summed E-state index contributed by atoms with van der Waals surface area (Å²) in [6.07, 6.45) is 0.857. The normalized spacial score (nSPS) is 15.9. The van der Waals surface area contributed by atoms with Crippen molar-refractivity contribution < 1.29 is 18.7 Å². The highest BCUT2D eigenvalue weighted by Crippen LogP contribution is 2.38. The van der Waals surface area contributed by atoms with Gasteiger partial charge in [-0.1, -0.05) is 19.1 Å². The third-order valence-corrected chi connectivity index (χ3v) is 6.72. The number of rotatable bonds is 7. The first-order chi connectivity index (χ1) is 17.8. The summed E-state index contributed by atoms with van der Waals surface area (Å²) in [5.74, 6) is -0.165. The van der Waals surface area contributed by atoms with Crippen molar-refractivity contribution in [2.24, 2.45) is 5.73 Å². The fourth-order valence-corrected chi connectivity index (χ4v) is 4.60. The Morgan fingerprint density at radius 2 is 1.95 bits per heavy atom. The standard InChI is InChI=1S/C26H30FN7O3.ClH/c1-4-17-14-33(21(35)12-19(29)16-7-5-15(13-28)6-8-16)9-10-34(17)26-31-23-18(25(30)32-26)11-20(36-2)24(37-3)22(23)27;/h5-8,11,17,19H,4,9-10,12,14,29H2,1-3H3,(H2,30,31,32);1H/t17-,19+;/m0./s1. The molecule has 1 amide bonds. The van der Waals surface area contributed by atoms with E-state index in [1.807, 2.05) is 11.8 Å². The number of carbonyl (C=O) groups is 1. The van der Waals surface area contributed by atoms with Gasteiger partial charge in [-0.05, 0) is 30.2 Å². The van der Waals surface area contributed by atoms with Gasteiger partial charge in [-0.15, -0.1) is 12.4 Å². The summed E-state index contributed by atoms with van der Waals surface area (Å²) in [7, 11) is 2.77. The lowest BCUT2D eigenvalue weighted by Gasteiger charge is -2.41. The molecule has 202 valence electrons. The van der Waals surface area contributed by atoms with Crippen molar-refractivity contribution in [1.29, 1.82) is 5.26 Å². The number of methoxy groups -OCH3 is 2. The largest absolute Gasteiger partial charge is 0.493 e. The molecule has 0 unspecified atom stereocenters. The number of benzene rings is 2. The molecular weight excluding hydrogens is 513 g/mol. The van der Waals surface area contributed by atoms with Crippen LogP contribution in [0.25, 0.3) is 10.9 Å². The Labute approximate surface area is 226 Å². The number of amides is 1. The monoisotopic (exact) mass is 543 g/mol. The Hall–Kier alpha value is -3.88. The van der Waals surface area contributed by atoms with Gasteiger partial charge >= 0.3 is 0 Å². The Balaban J connectivity index is 0.00000400. The molecule has 0 spiro atoms. The van der Waals surface area contributed by atoms with Crippen molar-refractivity contribution in [3.05, 3.63) is 47.3 Å². The Kier molecular flexibility index (Phi) is 9.14. The number of fused-ring (bicyclic) bond motifs is 1. The van der Waals surface area contributed by atoms with Crippen molar-refractivity contribution in [3.8, 4) is 17.6 Å². The third kappa shape index (κ3) is 5.51. The van der Waals surface area contributed by atoms with Gasteiger partial charge in [0.05, 0.1) is 25.9 Å². The van der Waals surface area contributed by atoms with Crippen LogP contribution in [0.15, 0.2) is 30.3 Å². The van der Waals surface area contributed by atoms with Crippen LogP contribution < -0.4 is 25.8 Å². The summed E-state index contributed by atoms with van der Waals surface area (Å²) in [5.41, 5.74) is 13.9. The molecule has 0 saturated carbocycles. The molecular formula is C26H31ClFN7O3. The molecule has 3 aromatic rings. The van der Waals surface area contributed by atoms with Gasteiger partial charge < -0.3 is 30.7 Å². The number of nitrogens with zero attached hydrogens (tertiary/aromatic N) is 5. The van der Waals surface area contributed by atoms with Gasteiger partial charge in [0.1, 0.15) is 11.3 Å². The number of hydrogen-bond acceptors (Lipinski definition) is 9. The smallest absolute Gasteiger partial charge is 0.228 e. The van der Waals surface area contributed by atoms with Crippen LogP contribution in [-0.4, -0.2) is 60.7 Å². The van der Waals surface area contributed by atoms with Crippen LogP contribution in [-0.2, 0) is 4.79 Å². The predicted molar refractivity (Wildman–Crippen MR) is 145 cm³/mol. The summed E-state index contributed by atoms with van der Waals surface area (Å²) < 4.78 is 25.6. The lowest BCUT2D eigenvalue weighted by molar-refractivity contribution is -0.132. The van der Waals surface area contributed by atoms with Crippen LogP contribution >= 0.6 is 12.4 Å². The van der Waals surface area contributed by atoms with E-state index in [1.165, 1.54) is 14.2 Å². The zero-order valence-corrected chi connectivity index (χ0v) is 22.3. The van der Waals surface area contributed by atoms with Crippen LogP contribution in [0.1, 0.15) is 36.9 Å². The third-order valence-electron chi connectivity index (χ3n) is 6.72. The molecule has 0 bridgehead atoms. The van der Waals surface area contributed by atoms with Crippen molar-refractivity contribution in [2.75, 3.05) is 44.5 Å². The summed E-state index contributed by atoms with van der Waals surface area (Å²) in [5, 5.41) is 9.30. The SMILES string of the molecule is CC[C@H]1CN(C(=O)C[C@@H](N)c2ccc(C#N)cc2)CCN1c1nc(N)c2cc(OC)c(OC)c(F)c2n1.Cl. The van der Waals surface area contributed by atoms with Crippen LogP contribution in [0, 0.1) is 17.1 Å². The predicted octanol–water partition coefficient (Wildman–Crippen LogP) is 3.18. The highest BCUT2D eigenvalue weighted by atomic mass is 35.5. The molecule has 4 N–H and O–H groups in total. The highest BCUT2D eigenvalue weighted by Gasteiger charge is 2.32. The molecule has 4 rings (SSSR count). The van der Waals surface area contributed by atoms with Gasteiger partial charge in [0, 0.05) is 43.5 Å². The number of halogens is 2. The second-order valence-electron chi connectivity index (χ2n) is 8.87. The van der Waals surface area contributed by atoms with Crippen LogP contribution in [0.3, 0.4) is 0 Å². The zero-order valence-electron chi connectivity index (χ0n) is 21.5. The number of hydrogen-bond donors (Lipinski definition) is 2. The van der Waals surface area contributed by atoms with E-state index in [-0.39, 0.29) is 53.6 Å². The van der Waals surface area contributed by atoms with E-state index in [0.717, 1.165) is 5.56 Å². The number of piperazine rings is 1. The van der Waals surface area contributed by atoms with E-state index < -0.39 is 11.9 Å². The quantitative estimate of drug-likeness (QED) is 0.459. The van der Waals surface area contributed by atoms with Crippen molar-refractivity contribution >= 4 is 41.0 Å². The fourth-order valence-electron chi connectivity index (χ4n) is 4.60. The number of nitrogens with two attached hydrogens (primary N) is 2. The Morgan fingerprint density at radius 1 is 1.24 bits per heavy atom. The van der Waals surface area contributed by atoms with Crippen LogP contribution in [0.4, 0.5) is 16.2 Å². The second-order valence-corrected chi connectivity index (χ2v) is 8.87. The maximum absolute atomic E-state index is 15.2. The summed E-state index contributed by atoms with van der Waals surface area (Å²) in [6.45, 7) is 3.35. The minimum absolute atomic E-state index is 0. The van der Waals surface area contributed by atoms with E-state index in [4.69, 9.17) is 26.2 Å². The lowest BCUT2D eigenvalue weighted by Crippen LogP contribution is -2.55. The number of ether oxygens (including phenoxy) is 2. The first kappa shape index (κ1) is 28.7. The molecule has 1 saturated heterocycles. The van der Waals surface area contributed by atoms with E-state index in [9.17, 15) is 4.79 Å². The molecule has 1 fully saturated rings. The van der Waals surface area contributed by atoms with Crippen LogP contribution in [0.2, 0.25) is 0 Å². The molecule has 2 aromatic carbocycles. The van der Waals surface area contributed by atoms with Gasteiger partial charge in [0.15, 0.2) is 17.3 Å². The second kappa shape index (κ2) is 12.1. The maximum Gasteiger partial charge on any atom is 0.228 e. The van der Waals surface area contributed by atoms with E-state index in [1.54, 1.807) is 35.2 Å². The van der Waals surface area contributed by atoms with Gasteiger partial charge in [0.25, 0.3) is 0 Å². The maximum atomic E-state index is 15.2. The van der Waals surface area contributed by atoms with Crippen molar-refractivity contribution in [2.45, 2.75) is 31.8 Å². The number of anilines is 2. The molecule has 0 radical (unpaired) electrons. The zero-order chi connectivity index (χ0) is 26.7. The molecule has 1 aromatic heterocycles. The number of aromatic nitrogens is 2. The van der Waals surface area contributed by atoms with Crippen molar-refractivity contribution in [1.82, 2.24) is 14.9 Å².